The minimum absolute atomic E-state index is 0.0192. The van der Waals surface area contributed by atoms with E-state index in [0.29, 0.717) is 5.56 Å². The number of esters is 1. The Morgan fingerprint density at radius 3 is 2.46 bits per heavy atom. The van der Waals surface area contributed by atoms with E-state index in [1.54, 1.807) is 36.4 Å². The van der Waals surface area contributed by atoms with Crippen LogP contribution >= 0.6 is 0 Å². The Morgan fingerprint density at radius 2 is 1.81 bits per heavy atom. The number of ether oxygens (including phenoxy) is 1. The number of rotatable bonds is 4. The maximum atomic E-state index is 13.2. The van der Waals surface area contributed by atoms with Gasteiger partial charge < -0.3 is 4.74 Å². The van der Waals surface area contributed by atoms with Gasteiger partial charge in [-0.15, -0.1) is 0 Å². The summed E-state index contributed by atoms with van der Waals surface area (Å²) in [5.41, 5.74) is 1.97. The normalized spacial score (nSPS) is 16.9. The molecule has 0 aliphatic carbocycles. The molecule has 1 aliphatic rings. The first kappa shape index (κ1) is 18.1. The Hall–Kier alpha value is -2.67. The van der Waals surface area contributed by atoms with Gasteiger partial charge >= 0.3 is 5.97 Å². The number of fused-ring (bicyclic) bond motifs is 1. The Labute approximate surface area is 152 Å². The molecule has 1 amide bonds. The molecule has 0 radical (unpaired) electrons. The number of hydrogen-bond acceptors (Lipinski definition) is 5. The van der Waals surface area contributed by atoms with E-state index in [1.165, 1.54) is 19.2 Å². The molecule has 0 saturated carbocycles. The Kier molecular flexibility index (Phi) is 4.82. The molecule has 0 fully saturated rings. The topological polar surface area (TPSA) is 80.8 Å². The zero-order chi connectivity index (χ0) is 18.9. The van der Waals surface area contributed by atoms with Gasteiger partial charge in [-0.1, -0.05) is 35.9 Å². The lowest BCUT2D eigenvalue weighted by molar-refractivity contribution is -0.141. The molecule has 6 nitrogen and oxygen atoms in total. The van der Waals surface area contributed by atoms with Crippen molar-refractivity contribution >= 4 is 21.9 Å². The first-order valence-corrected chi connectivity index (χ1v) is 9.58. The van der Waals surface area contributed by atoms with Crippen molar-refractivity contribution in [1.82, 2.24) is 4.31 Å². The summed E-state index contributed by atoms with van der Waals surface area (Å²) in [5.74, 6) is -1.19. The maximum Gasteiger partial charge on any atom is 0.307 e. The molecule has 2 aromatic rings. The van der Waals surface area contributed by atoms with E-state index < -0.39 is 27.9 Å². The van der Waals surface area contributed by atoms with Crippen LogP contribution in [0.15, 0.2) is 53.4 Å². The number of hydrogen-bond donors (Lipinski definition) is 0. The van der Waals surface area contributed by atoms with Gasteiger partial charge in [0.2, 0.25) is 0 Å². The highest BCUT2D eigenvalue weighted by molar-refractivity contribution is 7.89. The molecule has 1 heterocycles. The van der Waals surface area contributed by atoms with Crippen LogP contribution in [0.5, 0.6) is 0 Å². The summed E-state index contributed by atoms with van der Waals surface area (Å²) in [4.78, 5) is 24.8. The monoisotopic (exact) mass is 373 g/mol. The van der Waals surface area contributed by atoms with Crippen LogP contribution in [0.1, 0.15) is 27.9 Å². The molecule has 0 N–H and O–H groups in total. The van der Waals surface area contributed by atoms with Crippen LogP contribution in [0, 0.1) is 6.92 Å². The van der Waals surface area contributed by atoms with Crippen molar-refractivity contribution in [2.75, 3.05) is 7.11 Å². The number of carbonyl (C=O) groups excluding carboxylic acids is 2. The van der Waals surface area contributed by atoms with Crippen LogP contribution in [0.4, 0.5) is 0 Å². The minimum atomic E-state index is -4.10. The van der Waals surface area contributed by atoms with Gasteiger partial charge in [0, 0.05) is 5.56 Å². The molecular weight excluding hydrogens is 354 g/mol. The number of sulfonamides is 1. The lowest BCUT2D eigenvalue weighted by Gasteiger charge is -2.35. The van der Waals surface area contributed by atoms with E-state index in [9.17, 15) is 18.0 Å². The van der Waals surface area contributed by atoms with Crippen LogP contribution < -0.4 is 0 Å². The molecular formula is C19H19NO5S. The maximum absolute atomic E-state index is 13.2. The average molecular weight is 373 g/mol. The molecule has 3 rings (SSSR count). The predicted octanol–water partition coefficient (Wildman–Crippen LogP) is 2.31. The molecule has 0 saturated heterocycles. The first-order valence-electron chi connectivity index (χ1n) is 8.14. The van der Waals surface area contributed by atoms with Crippen molar-refractivity contribution in [2.24, 2.45) is 0 Å². The SMILES string of the molecule is COC(=O)CC1Cc2ccccc2C(=O)N1S(=O)(=O)c1ccc(C)cc1. The van der Waals surface area contributed by atoms with Gasteiger partial charge in [-0.2, -0.15) is 0 Å². The van der Waals surface area contributed by atoms with E-state index >= 15 is 0 Å². The van der Waals surface area contributed by atoms with E-state index in [2.05, 4.69) is 4.74 Å². The molecule has 2 aromatic carbocycles. The van der Waals surface area contributed by atoms with Gasteiger partial charge in [0.15, 0.2) is 0 Å². The highest BCUT2D eigenvalue weighted by Crippen LogP contribution is 2.30. The van der Waals surface area contributed by atoms with Crippen molar-refractivity contribution < 1.29 is 22.7 Å². The molecule has 0 spiro atoms. The van der Waals surface area contributed by atoms with Gasteiger partial charge in [-0.25, -0.2) is 12.7 Å². The van der Waals surface area contributed by atoms with Gasteiger partial charge in [-0.05, 0) is 37.1 Å². The second kappa shape index (κ2) is 6.92. The number of amides is 1. The van der Waals surface area contributed by atoms with Crippen LogP contribution in [-0.4, -0.2) is 37.8 Å². The van der Waals surface area contributed by atoms with E-state index in [-0.39, 0.29) is 17.7 Å². The molecule has 1 unspecified atom stereocenters. The molecule has 0 aromatic heterocycles. The molecule has 1 atom stereocenters. The number of aryl methyl sites for hydroxylation is 1. The number of benzene rings is 2. The molecule has 136 valence electrons. The van der Waals surface area contributed by atoms with Crippen LogP contribution in [0.3, 0.4) is 0 Å². The largest absolute Gasteiger partial charge is 0.469 e. The summed E-state index contributed by atoms with van der Waals surface area (Å²) < 4.78 is 31.8. The third-order valence-electron chi connectivity index (χ3n) is 4.44. The molecule has 7 heteroatoms. The Balaban J connectivity index is 2.09. The Bertz CT molecular complexity index is 950. The van der Waals surface area contributed by atoms with Crippen LogP contribution in [-0.2, 0) is 26.0 Å². The zero-order valence-corrected chi connectivity index (χ0v) is 15.3. The van der Waals surface area contributed by atoms with E-state index in [0.717, 1.165) is 15.4 Å². The van der Waals surface area contributed by atoms with Gasteiger partial charge in [0.25, 0.3) is 15.9 Å². The fraction of sp³-hybridized carbons (Fsp3) is 0.263. The van der Waals surface area contributed by atoms with Gasteiger partial charge in [0.1, 0.15) is 0 Å². The highest BCUT2D eigenvalue weighted by Gasteiger charge is 2.41. The standard InChI is InChI=1S/C19H19NO5S/c1-13-7-9-16(10-8-13)26(23,24)20-15(12-18(21)25-2)11-14-5-3-4-6-17(14)19(20)22/h3-10,15H,11-12H2,1-2H3. The lowest BCUT2D eigenvalue weighted by atomic mass is 9.94. The quantitative estimate of drug-likeness (QED) is 0.769. The molecule has 26 heavy (non-hydrogen) atoms. The van der Waals surface area contributed by atoms with Crippen molar-refractivity contribution in [3.8, 4) is 0 Å². The fourth-order valence-electron chi connectivity index (χ4n) is 3.09. The zero-order valence-electron chi connectivity index (χ0n) is 14.5. The number of nitrogens with zero attached hydrogens (tertiary/aromatic N) is 1. The van der Waals surface area contributed by atoms with E-state index in [1.807, 2.05) is 6.92 Å². The summed E-state index contributed by atoms with van der Waals surface area (Å²) in [7, 11) is -2.86. The van der Waals surface area contributed by atoms with E-state index in [4.69, 9.17) is 0 Å². The second-order valence-electron chi connectivity index (χ2n) is 6.21. The lowest BCUT2D eigenvalue weighted by Crippen LogP contribution is -2.49. The predicted molar refractivity (Wildman–Crippen MR) is 95.1 cm³/mol. The first-order chi connectivity index (χ1) is 12.3. The number of carbonyl (C=O) groups is 2. The summed E-state index contributed by atoms with van der Waals surface area (Å²) in [6.45, 7) is 1.85. The summed E-state index contributed by atoms with van der Waals surface area (Å²) in [5, 5.41) is 0. The summed E-state index contributed by atoms with van der Waals surface area (Å²) >= 11 is 0. The third kappa shape index (κ3) is 3.22. The number of methoxy groups -OCH3 is 1. The Morgan fingerprint density at radius 1 is 1.15 bits per heavy atom. The highest BCUT2D eigenvalue weighted by atomic mass is 32.2. The van der Waals surface area contributed by atoms with Crippen LogP contribution in [0.2, 0.25) is 0 Å². The van der Waals surface area contributed by atoms with Crippen molar-refractivity contribution in [2.45, 2.75) is 30.7 Å². The van der Waals surface area contributed by atoms with Crippen molar-refractivity contribution in [3.05, 3.63) is 65.2 Å². The second-order valence-corrected chi connectivity index (χ2v) is 8.03. The van der Waals surface area contributed by atoms with Gasteiger partial charge in [0.05, 0.1) is 24.5 Å². The third-order valence-corrected chi connectivity index (χ3v) is 6.29. The van der Waals surface area contributed by atoms with Crippen molar-refractivity contribution in [1.29, 1.82) is 0 Å². The van der Waals surface area contributed by atoms with Crippen LogP contribution in [0.25, 0.3) is 0 Å². The summed E-state index contributed by atoms with van der Waals surface area (Å²) in [6, 6.07) is 12.3. The van der Waals surface area contributed by atoms with Gasteiger partial charge in [-0.3, -0.25) is 9.59 Å². The average Bonchev–Trinajstić information content (AvgIpc) is 2.62. The fourth-order valence-corrected chi connectivity index (χ4v) is 4.65. The molecule has 1 aliphatic heterocycles. The minimum Gasteiger partial charge on any atom is -0.469 e. The molecule has 0 bridgehead atoms. The summed E-state index contributed by atoms with van der Waals surface area (Å²) in [6.07, 6.45) is 0.0732. The van der Waals surface area contributed by atoms with Crippen molar-refractivity contribution in [3.63, 3.8) is 0 Å². The smallest absolute Gasteiger partial charge is 0.307 e.